The van der Waals surface area contributed by atoms with Gasteiger partial charge >= 0.3 is 0 Å². The number of H-pyrrole nitrogens is 1. The van der Waals surface area contributed by atoms with Crippen LogP contribution in [0.25, 0.3) is 11.0 Å². The number of nitrogens with zero attached hydrogens (tertiary/aromatic N) is 4. The quantitative estimate of drug-likeness (QED) is 0.529. The standard InChI is InChI=1S/C23H20N6O2/c1-28-11-9-24-20(28)19-23(15-4-2-3-5-16(15)27-22(23)31)8-10-29(19)21(30)14-6-7-17-18(12-14)26-13-25-17/h2-7,9,11-13,19H,8,10H2,1H3,(H,25,26)(H,27,31)/t19-,23+/m0/s1. The first kappa shape index (κ1) is 17.9. The first-order valence-corrected chi connectivity index (χ1v) is 10.2. The molecular weight excluding hydrogens is 392 g/mol. The minimum Gasteiger partial charge on any atom is -0.345 e. The fraction of sp³-hybridized carbons (Fsp3) is 0.217. The van der Waals surface area contributed by atoms with Gasteiger partial charge in [0.1, 0.15) is 17.3 Å². The maximum absolute atomic E-state index is 13.7. The molecule has 2 amide bonds. The van der Waals surface area contributed by atoms with Crippen LogP contribution >= 0.6 is 0 Å². The molecule has 31 heavy (non-hydrogen) atoms. The summed E-state index contributed by atoms with van der Waals surface area (Å²) in [6.07, 6.45) is 5.70. The van der Waals surface area contributed by atoms with E-state index in [1.807, 2.05) is 54.2 Å². The third-order valence-electron chi connectivity index (χ3n) is 6.62. The highest BCUT2D eigenvalue weighted by Gasteiger charge is 2.60. The van der Waals surface area contributed by atoms with E-state index in [-0.39, 0.29) is 11.8 Å². The smallest absolute Gasteiger partial charge is 0.254 e. The molecule has 2 aliphatic rings. The van der Waals surface area contributed by atoms with Crippen LogP contribution in [0.2, 0.25) is 0 Å². The van der Waals surface area contributed by atoms with Gasteiger partial charge in [-0.25, -0.2) is 9.97 Å². The van der Waals surface area contributed by atoms with Crippen LogP contribution in [-0.2, 0) is 17.3 Å². The zero-order valence-corrected chi connectivity index (χ0v) is 16.9. The van der Waals surface area contributed by atoms with Crippen LogP contribution in [0.4, 0.5) is 5.69 Å². The van der Waals surface area contributed by atoms with E-state index < -0.39 is 11.5 Å². The molecule has 4 heterocycles. The molecule has 6 rings (SSSR count). The van der Waals surface area contributed by atoms with Crippen molar-refractivity contribution in [1.29, 1.82) is 0 Å². The molecule has 2 aromatic carbocycles. The number of para-hydroxylation sites is 1. The van der Waals surface area contributed by atoms with Crippen LogP contribution in [0, 0.1) is 0 Å². The Morgan fingerprint density at radius 2 is 2.06 bits per heavy atom. The van der Waals surface area contributed by atoms with Crippen LogP contribution in [0.5, 0.6) is 0 Å². The molecular formula is C23H20N6O2. The predicted octanol–water partition coefficient (Wildman–Crippen LogP) is 2.77. The van der Waals surface area contributed by atoms with Crippen molar-refractivity contribution in [2.75, 3.05) is 11.9 Å². The Labute approximate surface area is 177 Å². The third-order valence-corrected chi connectivity index (χ3v) is 6.62. The van der Waals surface area contributed by atoms with Gasteiger partial charge in [0.15, 0.2) is 0 Å². The van der Waals surface area contributed by atoms with Gasteiger partial charge in [0.05, 0.1) is 17.4 Å². The fourth-order valence-electron chi connectivity index (χ4n) is 5.14. The van der Waals surface area contributed by atoms with Crippen LogP contribution in [0.1, 0.15) is 34.2 Å². The summed E-state index contributed by atoms with van der Waals surface area (Å²) < 4.78 is 1.89. The highest BCUT2D eigenvalue weighted by molar-refractivity contribution is 6.08. The Balaban J connectivity index is 1.51. The lowest BCUT2D eigenvalue weighted by molar-refractivity contribution is -0.121. The molecule has 0 unspecified atom stereocenters. The second kappa shape index (κ2) is 6.28. The van der Waals surface area contributed by atoms with E-state index in [1.54, 1.807) is 23.5 Å². The fourth-order valence-corrected chi connectivity index (χ4v) is 5.14. The van der Waals surface area contributed by atoms with Crippen LogP contribution in [0.15, 0.2) is 61.2 Å². The number of carbonyl (C=O) groups excluding carboxylic acids is 2. The number of hydrogen-bond acceptors (Lipinski definition) is 4. The van der Waals surface area contributed by atoms with Gasteiger partial charge in [-0.1, -0.05) is 18.2 Å². The van der Waals surface area contributed by atoms with Crippen molar-refractivity contribution >= 4 is 28.5 Å². The van der Waals surface area contributed by atoms with E-state index in [0.29, 0.717) is 24.4 Å². The average Bonchev–Trinajstić information content (AvgIpc) is 3.54. The van der Waals surface area contributed by atoms with Gasteiger partial charge in [-0.2, -0.15) is 0 Å². The van der Waals surface area contributed by atoms with Crippen molar-refractivity contribution in [3.05, 3.63) is 78.1 Å². The number of aryl methyl sites for hydroxylation is 1. The molecule has 0 bridgehead atoms. The van der Waals surface area contributed by atoms with Crippen molar-refractivity contribution in [3.8, 4) is 0 Å². The monoisotopic (exact) mass is 412 g/mol. The van der Waals surface area contributed by atoms with Crippen molar-refractivity contribution in [2.24, 2.45) is 7.05 Å². The summed E-state index contributed by atoms with van der Waals surface area (Å²) in [5.41, 5.74) is 3.02. The molecule has 1 spiro atoms. The number of rotatable bonds is 2. The summed E-state index contributed by atoms with van der Waals surface area (Å²) in [5, 5.41) is 3.03. The number of nitrogens with one attached hydrogen (secondary N) is 2. The molecule has 154 valence electrons. The van der Waals surface area contributed by atoms with E-state index >= 15 is 0 Å². The number of benzene rings is 2. The number of aromatic nitrogens is 4. The second-order valence-electron chi connectivity index (χ2n) is 8.15. The van der Waals surface area contributed by atoms with Crippen molar-refractivity contribution in [2.45, 2.75) is 17.9 Å². The number of imidazole rings is 2. The van der Waals surface area contributed by atoms with Crippen LogP contribution in [-0.4, -0.2) is 42.8 Å². The summed E-state index contributed by atoms with van der Waals surface area (Å²) in [5.74, 6) is 0.486. The maximum Gasteiger partial charge on any atom is 0.254 e. The maximum atomic E-state index is 13.7. The minimum absolute atomic E-state index is 0.0824. The number of fused-ring (bicyclic) bond motifs is 3. The number of amides is 2. The molecule has 1 saturated heterocycles. The minimum atomic E-state index is -0.872. The van der Waals surface area contributed by atoms with E-state index in [1.165, 1.54) is 0 Å². The van der Waals surface area contributed by atoms with Crippen LogP contribution in [0.3, 0.4) is 0 Å². The van der Waals surface area contributed by atoms with Gasteiger partial charge in [0.25, 0.3) is 5.91 Å². The van der Waals surface area contributed by atoms with Gasteiger partial charge in [-0.05, 0) is 36.2 Å². The van der Waals surface area contributed by atoms with E-state index in [0.717, 1.165) is 22.3 Å². The lowest BCUT2D eigenvalue weighted by Gasteiger charge is -2.33. The summed E-state index contributed by atoms with van der Waals surface area (Å²) in [7, 11) is 1.90. The molecule has 8 nitrogen and oxygen atoms in total. The summed E-state index contributed by atoms with van der Waals surface area (Å²) in [6.45, 7) is 0.457. The van der Waals surface area contributed by atoms with Crippen LogP contribution < -0.4 is 5.32 Å². The van der Waals surface area contributed by atoms with Gasteiger partial charge in [-0.15, -0.1) is 0 Å². The predicted molar refractivity (Wildman–Crippen MR) is 114 cm³/mol. The van der Waals surface area contributed by atoms with E-state index in [9.17, 15) is 9.59 Å². The van der Waals surface area contributed by atoms with Gasteiger partial charge < -0.3 is 19.8 Å². The number of hydrogen-bond donors (Lipinski definition) is 2. The zero-order valence-electron chi connectivity index (χ0n) is 16.9. The van der Waals surface area contributed by atoms with Crippen molar-refractivity contribution in [1.82, 2.24) is 24.4 Å². The molecule has 2 atom stereocenters. The average molecular weight is 412 g/mol. The van der Waals surface area contributed by atoms with E-state index in [4.69, 9.17) is 0 Å². The molecule has 0 radical (unpaired) electrons. The van der Waals surface area contributed by atoms with Crippen molar-refractivity contribution < 1.29 is 9.59 Å². The third kappa shape index (κ3) is 2.35. The van der Waals surface area contributed by atoms with E-state index in [2.05, 4.69) is 20.3 Å². The largest absolute Gasteiger partial charge is 0.345 e. The summed E-state index contributed by atoms with van der Waals surface area (Å²) in [4.78, 5) is 40.8. The SMILES string of the molecule is Cn1ccnc1[C@@H]1N(C(=O)c2ccc3nc[nH]c3c2)CC[C@]12C(=O)Nc1ccccc12. The number of aromatic amines is 1. The molecule has 8 heteroatoms. The topological polar surface area (TPSA) is 95.9 Å². The molecule has 2 aliphatic heterocycles. The number of carbonyl (C=O) groups is 2. The lowest BCUT2D eigenvalue weighted by atomic mass is 9.74. The first-order chi connectivity index (χ1) is 15.1. The van der Waals surface area contributed by atoms with Gasteiger partial charge in [-0.3, -0.25) is 9.59 Å². The highest BCUT2D eigenvalue weighted by atomic mass is 16.2. The van der Waals surface area contributed by atoms with Gasteiger partial charge in [0.2, 0.25) is 5.91 Å². The number of likely N-dealkylation sites (tertiary alicyclic amines) is 1. The normalized spacial score (nSPS) is 22.3. The first-order valence-electron chi connectivity index (χ1n) is 10.2. The molecule has 4 aromatic rings. The molecule has 0 aliphatic carbocycles. The Morgan fingerprint density at radius 3 is 2.90 bits per heavy atom. The number of anilines is 1. The van der Waals surface area contributed by atoms with Crippen molar-refractivity contribution in [3.63, 3.8) is 0 Å². The summed E-state index contributed by atoms with van der Waals surface area (Å²) >= 11 is 0. The molecule has 2 N–H and O–H groups in total. The molecule has 2 aromatic heterocycles. The Morgan fingerprint density at radius 1 is 1.19 bits per heavy atom. The zero-order chi connectivity index (χ0) is 21.2. The Hall–Kier alpha value is -3.94. The Bertz CT molecular complexity index is 1350. The summed E-state index contributed by atoms with van der Waals surface area (Å²) in [6, 6.07) is 12.7. The lowest BCUT2D eigenvalue weighted by Crippen LogP contribution is -2.43. The molecule has 0 saturated carbocycles. The highest BCUT2D eigenvalue weighted by Crippen LogP contribution is 2.54. The Kier molecular flexibility index (Phi) is 3.62. The van der Waals surface area contributed by atoms with Gasteiger partial charge in [0, 0.05) is 37.2 Å². The molecule has 1 fully saturated rings. The second-order valence-corrected chi connectivity index (χ2v) is 8.15.